The Kier molecular flexibility index (Phi) is 10.3. The molecule has 1 aromatic carbocycles. The number of carbonyl (C=O) groups is 2. The topological polar surface area (TPSA) is 52.6 Å². The second-order valence-corrected chi connectivity index (χ2v) is 10.3. The van der Waals surface area contributed by atoms with Crippen molar-refractivity contribution in [1.82, 2.24) is 0 Å². The molecule has 2 aliphatic rings. The fourth-order valence-corrected chi connectivity index (χ4v) is 5.21. The van der Waals surface area contributed by atoms with Crippen molar-refractivity contribution in [3.63, 3.8) is 0 Å². The molecule has 2 atom stereocenters. The van der Waals surface area contributed by atoms with Crippen LogP contribution in [0.25, 0.3) is 0 Å². The van der Waals surface area contributed by atoms with Crippen LogP contribution in [0.2, 0.25) is 0 Å². The van der Waals surface area contributed by atoms with Gasteiger partial charge in [0.2, 0.25) is 0 Å². The zero-order valence-corrected chi connectivity index (χ0v) is 20.6. The van der Waals surface area contributed by atoms with Crippen molar-refractivity contribution in [2.24, 2.45) is 11.8 Å². The molecular formula is C28H40F2O4. The van der Waals surface area contributed by atoms with Crippen molar-refractivity contribution in [2.75, 3.05) is 0 Å². The molecule has 0 N–H and O–H groups in total. The first-order valence-corrected chi connectivity index (χ1v) is 13.1. The van der Waals surface area contributed by atoms with Crippen molar-refractivity contribution < 1.29 is 27.8 Å². The zero-order chi connectivity index (χ0) is 24.5. The summed E-state index contributed by atoms with van der Waals surface area (Å²) in [6.07, 6.45) is 8.52. The normalized spacial score (nSPS) is 26.9. The van der Waals surface area contributed by atoms with E-state index < -0.39 is 24.3 Å². The molecule has 0 heterocycles. The number of benzene rings is 1. The molecule has 0 unspecified atom stereocenters. The van der Waals surface area contributed by atoms with E-state index in [9.17, 15) is 18.4 Å². The van der Waals surface area contributed by atoms with Gasteiger partial charge in [-0.25, -0.2) is 18.4 Å². The van der Waals surface area contributed by atoms with Crippen LogP contribution >= 0.6 is 0 Å². The van der Waals surface area contributed by atoms with Gasteiger partial charge in [0.1, 0.15) is 12.2 Å². The molecule has 0 aliphatic heterocycles. The summed E-state index contributed by atoms with van der Waals surface area (Å²) in [7, 11) is 0. The molecule has 190 valence electrons. The number of carbonyl (C=O) groups excluding carboxylic acids is 2. The molecule has 0 radical (unpaired) electrons. The quantitative estimate of drug-likeness (QED) is 0.362. The highest BCUT2D eigenvalue weighted by atomic mass is 19.1. The maximum Gasteiger partial charge on any atom is 0.340 e. The number of alkyl halides is 2. The third-order valence-corrected chi connectivity index (χ3v) is 7.51. The van der Waals surface area contributed by atoms with Crippen LogP contribution in [-0.4, -0.2) is 36.5 Å². The molecule has 0 saturated heterocycles. The van der Waals surface area contributed by atoms with Crippen molar-refractivity contribution in [2.45, 2.75) is 115 Å². The minimum absolute atomic E-state index is 0.120. The number of ether oxygens (including phenoxy) is 2. The first-order valence-electron chi connectivity index (χ1n) is 13.1. The molecule has 2 fully saturated rings. The number of hydrogen-bond donors (Lipinski definition) is 0. The van der Waals surface area contributed by atoms with Crippen LogP contribution in [0.1, 0.15) is 89.2 Å². The number of rotatable bonds is 10. The van der Waals surface area contributed by atoms with Gasteiger partial charge in [-0.2, -0.15) is 0 Å². The summed E-state index contributed by atoms with van der Waals surface area (Å²) in [5.41, 5.74) is 2.71. The summed E-state index contributed by atoms with van der Waals surface area (Å²) in [6, 6.07) is 8.94. The lowest BCUT2D eigenvalue weighted by molar-refractivity contribution is -0.157. The first kappa shape index (κ1) is 26.6. The van der Waals surface area contributed by atoms with E-state index in [4.69, 9.17) is 9.47 Å². The Labute approximate surface area is 202 Å². The SMILES string of the molecule is C[C@@H](F)C(=O)OC1CCC(CCc2ccc(CCC3CCC(OC(=O)[C@@H](C)F)CC3)cc2)CC1. The van der Waals surface area contributed by atoms with Gasteiger partial charge in [0.25, 0.3) is 0 Å². The molecule has 2 saturated carbocycles. The second kappa shape index (κ2) is 13.2. The highest BCUT2D eigenvalue weighted by molar-refractivity contribution is 5.74. The monoisotopic (exact) mass is 478 g/mol. The van der Waals surface area contributed by atoms with Crippen molar-refractivity contribution in [3.05, 3.63) is 35.4 Å². The summed E-state index contributed by atoms with van der Waals surface area (Å²) < 4.78 is 36.4. The minimum Gasteiger partial charge on any atom is -0.460 e. The van der Waals surface area contributed by atoms with Crippen LogP contribution in [0.15, 0.2) is 24.3 Å². The van der Waals surface area contributed by atoms with E-state index in [1.54, 1.807) is 0 Å². The average molecular weight is 479 g/mol. The van der Waals surface area contributed by atoms with Crippen LogP contribution in [0.4, 0.5) is 8.78 Å². The summed E-state index contributed by atoms with van der Waals surface area (Å²) in [4.78, 5) is 22.8. The molecule has 0 aromatic heterocycles. The third-order valence-electron chi connectivity index (χ3n) is 7.51. The molecule has 6 heteroatoms. The molecule has 0 spiro atoms. The maximum absolute atomic E-state index is 13.0. The molecule has 34 heavy (non-hydrogen) atoms. The van der Waals surface area contributed by atoms with Crippen LogP contribution in [0.5, 0.6) is 0 Å². The standard InChI is InChI=1S/C28H40F2O4/c1-19(29)27(31)33-25-15-11-23(12-16-25)9-7-21-3-5-22(6-4-21)8-10-24-13-17-26(18-14-24)34-28(32)20(2)30/h3-6,19-20,23-26H,7-18H2,1-2H3/t19-,20-,23?,24?,25?,26?/m1/s1. The van der Waals surface area contributed by atoms with Gasteiger partial charge in [0, 0.05) is 0 Å². The van der Waals surface area contributed by atoms with Gasteiger partial charge in [-0.15, -0.1) is 0 Å². The molecule has 3 rings (SSSR count). The van der Waals surface area contributed by atoms with Crippen molar-refractivity contribution >= 4 is 11.9 Å². The van der Waals surface area contributed by atoms with E-state index in [1.165, 1.54) is 25.0 Å². The van der Waals surface area contributed by atoms with Crippen molar-refractivity contribution in [1.29, 1.82) is 0 Å². The highest BCUT2D eigenvalue weighted by Gasteiger charge is 2.26. The van der Waals surface area contributed by atoms with Crippen molar-refractivity contribution in [3.8, 4) is 0 Å². The zero-order valence-electron chi connectivity index (χ0n) is 20.6. The fraction of sp³-hybridized carbons (Fsp3) is 0.714. The van der Waals surface area contributed by atoms with Gasteiger partial charge in [-0.3, -0.25) is 0 Å². The molecule has 0 bridgehead atoms. The van der Waals surface area contributed by atoms with E-state index in [2.05, 4.69) is 24.3 Å². The van der Waals surface area contributed by atoms with E-state index in [0.29, 0.717) is 11.8 Å². The van der Waals surface area contributed by atoms with E-state index in [-0.39, 0.29) is 12.2 Å². The van der Waals surface area contributed by atoms with Gasteiger partial charge in [0.15, 0.2) is 12.3 Å². The van der Waals surface area contributed by atoms with Crippen LogP contribution in [0.3, 0.4) is 0 Å². The predicted molar refractivity (Wildman–Crippen MR) is 128 cm³/mol. The Balaban J connectivity index is 1.30. The van der Waals surface area contributed by atoms with Crippen LogP contribution in [-0.2, 0) is 31.9 Å². The lowest BCUT2D eigenvalue weighted by Crippen LogP contribution is -2.27. The third kappa shape index (κ3) is 8.66. The maximum atomic E-state index is 13.0. The Bertz CT molecular complexity index is 696. The smallest absolute Gasteiger partial charge is 0.340 e. The Morgan fingerprint density at radius 1 is 0.706 bits per heavy atom. The van der Waals surface area contributed by atoms with Gasteiger partial charge < -0.3 is 9.47 Å². The summed E-state index contributed by atoms with van der Waals surface area (Å²) in [5, 5.41) is 0. The van der Waals surface area contributed by atoms with Crippen LogP contribution < -0.4 is 0 Å². The van der Waals surface area contributed by atoms with Gasteiger partial charge >= 0.3 is 11.9 Å². The fourth-order valence-electron chi connectivity index (χ4n) is 5.21. The van der Waals surface area contributed by atoms with E-state index in [1.807, 2.05) is 0 Å². The summed E-state index contributed by atoms with van der Waals surface area (Å²) >= 11 is 0. The van der Waals surface area contributed by atoms with Gasteiger partial charge in [-0.05, 0) is 114 Å². The number of esters is 2. The Morgan fingerprint density at radius 2 is 1.03 bits per heavy atom. The molecule has 4 nitrogen and oxygen atoms in total. The number of halogens is 2. The van der Waals surface area contributed by atoms with Crippen LogP contribution in [0, 0.1) is 11.8 Å². The lowest BCUT2D eigenvalue weighted by atomic mass is 9.83. The van der Waals surface area contributed by atoms with Gasteiger partial charge in [-0.1, -0.05) is 24.3 Å². The largest absolute Gasteiger partial charge is 0.460 e. The van der Waals surface area contributed by atoms with E-state index in [0.717, 1.165) is 77.0 Å². The van der Waals surface area contributed by atoms with E-state index >= 15 is 0 Å². The number of aryl methyl sites for hydroxylation is 2. The lowest BCUT2D eigenvalue weighted by Gasteiger charge is -2.28. The molecular weight excluding hydrogens is 438 g/mol. The Morgan fingerprint density at radius 3 is 1.32 bits per heavy atom. The minimum atomic E-state index is -1.54. The first-order chi connectivity index (χ1) is 16.3. The predicted octanol–water partition coefficient (Wildman–Crippen LogP) is 6.47. The Hall–Kier alpha value is -1.98. The highest BCUT2D eigenvalue weighted by Crippen LogP contribution is 2.31. The summed E-state index contributed by atoms with van der Waals surface area (Å²) in [5.74, 6) is -0.185. The summed E-state index contributed by atoms with van der Waals surface area (Å²) in [6.45, 7) is 2.45. The number of hydrogen-bond acceptors (Lipinski definition) is 4. The molecule has 0 amide bonds. The molecule has 1 aromatic rings. The van der Waals surface area contributed by atoms with Gasteiger partial charge in [0.05, 0.1) is 0 Å². The molecule has 2 aliphatic carbocycles. The average Bonchev–Trinajstić information content (AvgIpc) is 2.83. The second-order valence-electron chi connectivity index (χ2n) is 10.3.